The van der Waals surface area contributed by atoms with Gasteiger partial charge in [0.25, 0.3) is 0 Å². The Morgan fingerprint density at radius 2 is 2.26 bits per heavy atom. The van der Waals surface area contributed by atoms with Crippen LogP contribution in [0.25, 0.3) is 10.9 Å². The lowest BCUT2D eigenvalue weighted by Crippen LogP contribution is -2.48. The van der Waals surface area contributed by atoms with Crippen LogP contribution in [0.1, 0.15) is 25.5 Å². The van der Waals surface area contributed by atoms with E-state index in [2.05, 4.69) is 23.3 Å². The number of rotatable bonds is 3. The third-order valence-corrected chi connectivity index (χ3v) is 4.28. The van der Waals surface area contributed by atoms with E-state index in [9.17, 15) is 0 Å². The topological polar surface area (TPSA) is 37.0 Å². The van der Waals surface area contributed by atoms with Gasteiger partial charge in [0, 0.05) is 35.3 Å². The smallest absolute Gasteiger partial charge is 0.0705 e. The molecule has 4 heteroatoms. The van der Waals surface area contributed by atoms with E-state index in [4.69, 9.17) is 16.3 Å². The van der Waals surface area contributed by atoms with Gasteiger partial charge in [0.1, 0.15) is 0 Å². The first kappa shape index (κ1) is 13.0. The first-order valence-electron chi connectivity index (χ1n) is 6.76. The maximum absolute atomic E-state index is 6.42. The van der Waals surface area contributed by atoms with Gasteiger partial charge in [-0.15, -0.1) is 0 Å². The number of hydrogen-bond donors (Lipinski definition) is 2. The Morgan fingerprint density at radius 3 is 3.00 bits per heavy atom. The number of fused-ring (bicyclic) bond motifs is 1. The average Bonchev–Trinajstić information content (AvgIpc) is 2.75. The number of hydrogen-bond acceptors (Lipinski definition) is 2. The van der Waals surface area contributed by atoms with E-state index in [1.54, 1.807) is 0 Å². The lowest BCUT2D eigenvalue weighted by molar-refractivity contribution is 0.0276. The van der Waals surface area contributed by atoms with Gasteiger partial charge in [-0.2, -0.15) is 0 Å². The molecule has 0 saturated carbocycles. The summed E-state index contributed by atoms with van der Waals surface area (Å²) < 4.78 is 5.56. The largest absolute Gasteiger partial charge is 0.380 e. The normalized spacial score (nSPS) is 23.9. The van der Waals surface area contributed by atoms with Crippen molar-refractivity contribution in [2.75, 3.05) is 13.2 Å². The number of para-hydroxylation sites is 1. The second-order valence-corrected chi connectivity index (χ2v) is 5.91. The SMILES string of the molecule is CC1(NCc2[nH]c3ccccc3c2Cl)CCCOC1. The molecule has 0 aliphatic carbocycles. The van der Waals surface area contributed by atoms with Gasteiger partial charge in [0.05, 0.1) is 11.6 Å². The number of aromatic nitrogens is 1. The molecule has 2 aromatic rings. The second-order valence-electron chi connectivity index (χ2n) is 5.53. The molecule has 1 atom stereocenters. The molecule has 0 bridgehead atoms. The first-order valence-corrected chi connectivity index (χ1v) is 7.14. The molecular weight excluding hydrogens is 260 g/mol. The number of halogens is 1. The maximum atomic E-state index is 6.42. The van der Waals surface area contributed by atoms with Gasteiger partial charge in [-0.1, -0.05) is 29.8 Å². The molecule has 19 heavy (non-hydrogen) atoms. The quantitative estimate of drug-likeness (QED) is 0.902. The van der Waals surface area contributed by atoms with Crippen molar-refractivity contribution in [3.8, 4) is 0 Å². The van der Waals surface area contributed by atoms with E-state index in [-0.39, 0.29) is 5.54 Å². The van der Waals surface area contributed by atoms with Crippen molar-refractivity contribution < 1.29 is 4.74 Å². The monoisotopic (exact) mass is 278 g/mol. The van der Waals surface area contributed by atoms with Crippen LogP contribution in [0.2, 0.25) is 5.02 Å². The van der Waals surface area contributed by atoms with Crippen molar-refractivity contribution in [1.29, 1.82) is 0 Å². The Bertz CT molecular complexity index is 573. The summed E-state index contributed by atoms with van der Waals surface area (Å²) in [5.41, 5.74) is 2.20. The van der Waals surface area contributed by atoms with Crippen LogP contribution >= 0.6 is 11.6 Å². The molecule has 1 fully saturated rings. The molecule has 1 saturated heterocycles. The average molecular weight is 279 g/mol. The van der Waals surface area contributed by atoms with Crippen molar-refractivity contribution in [2.45, 2.75) is 31.8 Å². The van der Waals surface area contributed by atoms with Crippen molar-refractivity contribution >= 4 is 22.5 Å². The molecule has 1 aliphatic heterocycles. The van der Waals surface area contributed by atoms with Crippen LogP contribution in [0.5, 0.6) is 0 Å². The molecule has 0 radical (unpaired) electrons. The van der Waals surface area contributed by atoms with Gasteiger partial charge in [-0.05, 0) is 25.8 Å². The fourth-order valence-corrected chi connectivity index (χ4v) is 2.94. The van der Waals surface area contributed by atoms with E-state index in [0.717, 1.165) is 54.2 Å². The minimum atomic E-state index is 0.0544. The van der Waals surface area contributed by atoms with Crippen LogP contribution in [0.15, 0.2) is 24.3 Å². The highest BCUT2D eigenvalue weighted by molar-refractivity contribution is 6.36. The summed E-state index contributed by atoms with van der Waals surface area (Å²) in [6.07, 6.45) is 2.26. The predicted octanol–water partition coefficient (Wildman–Crippen LogP) is 3.48. The van der Waals surface area contributed by atoms with E-state index in [1.807, 2.05) is 18.2 Å². The lowest BCUT2D eigenvalue weighted by Gasteiger charge is -2.34. The second kappa shape index (κ2) is 5.16. The van der Waals surface area contributed by atoms with Gasteiger partial charge in [0.2, 0.25) is 0 Å². The van der Waals surface area contributed by atoms with Crippen LogP contribution < -0.4 is 5.32 Å². The molecule has 2 heterocycles. The Kier molecular flexibility index (Phi) is 3.52. The summed E-state index contributed by atoms with van der Waals surface area (Å²) in [6.45, 7) is 4.60. The Hall–Kier alpha value is -1.03. The molecule has 0 amide bonds. The number of benzene rings is 1. The standard InChI is InChI=1S/C15H19ClN2O/c1-15(7-4-8-19-10-15)17-9-13-14(16)11-5-2-3-6-12(11)18-13/h2-3,5-6,17-18H,4,7-10H2,1H3. The van der Waals surface area contributed by atoms with Crippen molar-refractivity contribution in [3.05, 3.63) is 35.0 Å². The summed E-state index contributed by atoms with van der Waals surface area (Å²) in [6, 6.07) is 8.12. The first-order chi connectivity index (χ1) is 9.18. The molecule has 1 unspecified atom stereocenters. The van der Waals surface area contributed by atoms with Crippen molar-refractivity contribution in [1.82, 2.24) is 10.3 Å². The molecule has 1 aromatic carbocycles. The van der Waals surface area contributed by atoms with Crippen LogP contribution in [0.3, 0.4) is 0 Å². The summed E-state index contributed by atoms with van der Waals surface area (Å²) in [5, 5.41) is 5.49. The Labute approximate surface area is 118 Å². The molecule has 3 nitrogen and oxygen atoms in total. The predicted molar refractivity (Wildman–Crippen MR) is 78.6 cm³/mol. The summed E-state index contributed by atoms with van der Waals surface area (Å²) in [5.74, 6) is 0. The fraction of sp³-hybridized carbons (Fsp3) is 0.467. The number of aromatic amines is 1. The minimum Gasteiger partial charge on any atom is -0.380 e. The fourth-order valence-electron chi connectivity index (χ4n) is 2.66. The zero-order chi connectivity index (χ0) is 13.3. The summed E-state index contributed by atoms with van der Waals surface area (Å²) >= 11 is 6.42. The van der Waals surface area contributed by atoms with Gasteiger partial charge in [-0.3, -0.25) is 0 Å². The van der Waals surface area contributed by atoms with Crippen LogP contribution in [-0.4, -0.2) is 23.7 Å². The molecular formula is C15H19ClN2O. The number of nitrogens with one attached hydrogen (secondary N) is 2. The maximum Gasteiger partial charge on any atom is 0.0705 e. The molecule has 1 aromatic heterocycles. The molecule has 3 rings (SSSR count). The van der Waals surface area contributed by atoms with Gasteiger partial charge in [0.15, 0.2) is 0 Å². The highest BCUT2D eigenvalue weighted by Gasteiger charge is 2.27. The summed E-state index contributed by atoms with van der Waals surface area (Å²) in [7, 11) is 0. The Balaban J connectivity index is 1.76. The lowest BCUT2D eigenvalue weighted by atomic mass is 9.95. The highest BCUT2D eigenvalue weighted by Crippen LogP contribution is 2.28. The number of H-pyrrole nitrogens is 1. The minimum absolute atomic E-state index is 0.0544. The third-order valence-electron chi connectivity index (χ3n) is 3.84. The molecule has 102 valence electrons. The third kappa shape index (κ3) is 2.64. The van der Waals surface area contributed by atoms with Crippen LogP contribution in [-0.2, 0) is 11.3 Å². The molecule has 0 spiro atoms. The zero-order valence-electron chi connectivity index (χ0n) is 11.1. The summed E-state index contributed by atoms with van der Waals surface area (Å²) in [4.78, 5) is 3.39. The number of ether oxygens (including phenoxy) is 1. The van der Waals surface area contributed by atoms with E-state index in [1.165, 1.54) is 0 Å². The van der Waals surface area contributed by atoms with Gasteiger partial charge < -0.3 is 15.0 Å². The van der Waals surface area contributed by atoms with Crippen LogP contribution in [0.4, 0.5) is 0 Å². The van der Waals surface area contributed by atoms with Gasteiger partial charge in [-0.25, -0.2) is 0 Å². The molecule has 2 N–H and O–H groups in total. The molecule has 1 aliphatic rings. The Morgan fingerprint density at radius 1 is 1.42 bits per heavy atom. The van der Waals surface area contributed by atoms with E-state index < -0.39 is 0 Å². The zero-order valence-corrected chi connectivity index (χ0v) is 11.9. The van der Waals surface area contributed by atoms with Gasteiger partial charge >= 0.3 is 0 Å². The van der Waals surface area contributed by atoms with Crippen molar-refractivity contribution in [2.24, 2.45) is 0 Å². The van der Waals surface area contributed by atoms with E-state index in [0.29, 0.717) is 0 Å². The van der Waals surface area contributed by atoms with Crippen molar-refractivity contribution in [3.63, 3.8) is 0 Å². The highest BCUT2D eigenvalue weighted by atomic mass is 35.5. The van der Waals surface area contributed by atoms with E-state index >= 15 is 0 Å². The van der Waals surface area contributed by atoms with Crippen LogP contribution in [0, 0.1) is 0 Å².